The molecule has 3 nitrogen and oxygen atoms in total. The Bertz CT molecular complexity index is 819. The summed E-state index contributed by atoms with van der Waals surface area (Å²) in [5.41, 5.74) is 3.51. The molecule has 3 aromatic rings. The van der Waals surface area contributed by atoms with Crippen molar-refractivity contribution in [3.63, 3.8) is 0 Å². The van der Waals surface area contributed by atoms with Crippen LogP contribution in [0.4, 0.5) is 0 Å². The largest absolute Gasteiger partial charge is 0.459 e. The summed E-state index contributed by atoms with van der Waals surface area (Å²) in [7, 11) is 0. The monoisotopic (exact) mass is 357 g/mol. The predicted molar refractivity (Wildman–Crippen MR) is 106 cm³/mol. The zero-order chi connectivity index (χ0) is 18.5. The van der Waals surface area contributed by atoms with Gasteiger partial charge in [-0.1, -0.05) is 91.0 Å². The van der Waals surface area contributed by atoms with E-state index in [1.165, 1.54) is 11.1 Å². The molecule has 136 valence electrons. The van der Waals surface area contributed by atoms with Gasteiger partial charge in [-0.05, 0) is 16.7 Å². The van der Waals surface area contributed by atoms with E-state index in [0.29, 0.717) is 6.42 Å². The van der Waals surface area contributed by atoms with Gasteiger partial charge in [0.2, 0.25) is 0 Å². The number of carbonyl (C=O) groups excluding carboxylic acids is 1. The van der Waals surface area contributed by atoms with Crippen LogP contribution in [0, 0.1) is 0 Å². The van der Waals surface area contributed by atoms with Gasteiger partial charge in [0, 0.05) is 13.1 Å². The van der Waals surface area contributed by atoms with E-state index in [0.717, 1.165) is 18.7 Å². The summed E-state index contributed by atoms with van der Waals surface area (Å²) in [6.45, 7) is 1.52. The van der Waals surface area contributed by atoms with E-state index in [-0.39, 0.29) is 18.1 Å². The van der Waals surface area contributed by atoms with Gasteiger partial charge in [0.05, 0.1) is 12.5 Å². The van der Waals surface area contributed by atoms with Crippen molar-refractivity contribution in [3.8, 4) is 0 Å². The molecule has 1 aliphatic heterocycles. The first-order chi connectivity index (χ1) is 13.3. The summed E-state index contributed by atoms with van der Waals surface area (Å²) in [5.74, 6) is -0.151. The molecule has 0 amide bonds. The van der Waals surface area contributed by atoms with Crippen LogP contribution < -0.4 is 0 Å². The number of rotatable bonds is 6. The van der Waals surface area contributed by atoms with Gasteiger partial charge >= 0.3 is 5.97 Å². The Morgan fingerprint density at radius 3 is 1.81 bits per heavy atom. The molecule has 27 heavy (non-hydrogen) atoms. The number of esters is 1. The fourth-order valence-electron chi connectivity index (χ4n) is 3.63. The van der Waals surface area contributed by atoms with Crippen molar-refractivity contribution in [2.24, 2.45) is 0 Å². The minimum Gasteiger partial charge on any atom is -0.459 e. The van der Waals surface area contributed by atoms with Crippen LogP contribution in [0.1, 0.15) is 22.7 Å². The number of benzene rings is 3. The van der Waals surface area contributed by atoms with E-state index in [2.05, 4.69) is 53.4 Å². The summed E-state index contributed by atoms with van der Waals surface area (Å²) in [6, 6.07) is 30.9. The number of carbonyl (C=O) groups is 1. The maximum Gasteiger partial charge on any atom is 0.310 e. The highest BCUT2D eigenvalue weighted by molar-refractivity contribution is 5.72. The molecule has 0 atom stereocenters. The highest BCUT2D eigenvalue weighted by Gasteiger charge is 2.36. The zero-order valence-electron chi connectivity index (χ0n) is 15.2. The zero-order valence-corrected chi connectivity index (χ0v) is 15.2. The van der Waals surface area contributed by atoms with Crippen molar-refractivity contribution in [2.75, 3.05) is 13.1 Å². The molecular formula is C24H23NO2. The van der Waals surface area contributed by atoms with Crippen molar-refractivity contribution >= 4 is 5.97 Å². The third kappa shape index (κ3) is 4.26. The van der Waals surface area contributed by atoms with Crippen molar-refractivity contribution in [3.05, 3.63) is 108 Å². The summed E-state index contributed by atoms with van der Waals surface area (Å²) in [6.07, 6.45) is 0.300. The number of hydrogen-bond acceptors (Lipinski definition) is 3. The molecule has 0 spiro atoms. The van der Waals surface area contributed by atoms with Crippen molar-refractivity contribution in [2.45, 2.75) is 18.6 Å². The Morgan fingerprint density at radius 1 is 0.815 bits per heavy atom. The van der Waals surface area contributed by atoms with Gasteiger partial charge in [-0.2, -0.15) is 0 Å². The van der Waals surface area contributed by atoms with Crippen LogP contribution in [0.3, 0.4) is 0 Å². The molecule has 1 saturated heterocycles. The van der Waals surface area contributed by atoms with Gasteiger partial charge in [-0.3, -0.25) is 9.69 Å². The van der Waals surface area contributed by atoms with E-state index in [9.17, 15) is 4.79 Å². The first-order valence-electron chi connectivity index (χ1n) is 9.37. The van der Waals surface area contributed by atoms with Crippen molar-refractivity contribution in [1.29, 1.82) is 0 Å². The van der Waals surface area contributed by atoms with Gasteiger partial charge < -0.3 is 4.74 Å². The summed E-state index contributed by atoms with van der Waals surface area (Å²) in [5, 5.41) is 0. The second-order valence-electron chi connectivity index (χ2n) is 6.95. The van der Waals surface area contributed by atoms with E-state index < -0.39 is 0 Å². The standard InChI is InChI=1S/C24H23NO2/c26-23(16-19-10-4-1-5-11-19)27-22-17-25(18-22)24(20-12-6-2-7-13-20)21-14-8-3-9-15-21/h1-15,22,24H,16-18H2. The first-order valence-corrected chi connectivity index (χ1v) is 9.37. The average molecular weight is 357 g/mol. The molecule has 0 unspecified atom stereocenters. The Labute approximate surface area is 160 Å². The number of hydrogen-bond donors (Lipinski definition) is 0. The topological polar surface area (TPSA) is 29.5 Å². The normalized spacial score (nSPS) is 14.7. The molecule has 3 heteroatoms. The van der Waals surface area contributed by atoms with Crippen LogP contribution in [-0.2, 0) is 16.0 Å². The van der Waals surface area contributed by atoms with Crippen molar-refractivity contribution < 1.29 is 9.53 Å². The molecule has 0 saturated carbocycles. The van der Waals surface area contributed by atoms with Crippen molar-refractivity contribution in [1.82, 2.24) is 4.90 Å². The fourth-order valence-corrected chi connectivity index (χ4v) is 3.63. The first kappa shape index (κ1) is 17.5. The maximum atomic E-state index is 12.2. The third-order valence-electron chi connectivity index (χ3n) is 4.96. The molecule has 1 fully saturated rings. The SMILES string of the molecule is O=C(Cc1ccccc1)OC1CN(C(c2ccccc2)c2ccccc2)C1. The van der Waals surface area contributed by atoms with E-state index in [1.807, 2.05) is 42.5 Å². The van der Waals surface area contributed by atoms with Crippen LogP contribution >= 0.6 is 0 Å². The van der Waals surface area contributed by atoms with E-state index >= 15 is 0 Å². The molecule has 1 heterocycles. The molecule has 0 radical (unpaired) electrons. The minimum atomic E-state index is -0.151. The lowest BCUT2D eigenvalue weighted by molar-refractivity contribution is -0.157. The summed E-state index contributed by atoms with van der Waals surface area (Å²) < 4.78 is 5.66. The number of nitrogens with zero attached hydrogens (tertiary/aromatic N) is 1. The van der Waals surface area contributed by atoms with Gasteiger partial charge in [0.15, 0.2) is 0 Å². The molecule has 0 aliphatic carbocycles. The van der Waals surface area contributed by atoms with Crippen LogP contribution in [-0.4, -0.2) is 30.1 Å². The third-order valence-corrected chi connectivity index (χ3v) is 4.96. The van der Waals surface area contributed by atoms with Crippen LogP contribution in [0.2, 0.25) is 0 Å². The minimum absolute atomic E-state index is 0.0314. The second-order valence-corrected chi connectivity index (χ2v) is 6.95. The summed E-state index contributed by atoms with van der Waals surface area (Å²) >= 11 is 0. The highest BCUT2D eigenvalue weighted by atomic mass is 16.5. The Kier molecular flexibility index (Phi) is 5.31. The smallest absolute Gasteiger partial charge is 0.310 e. The molecule has 0 N–H and O–H groups in total. The Morgan fingerprint density at radius 2 is 1.30 bits per heavy atom. The second kappa shape index (κ2) is 8.19. The van der Waals surface area contributed by atoms with E-state index in [1.54, 1.807) is 0 Å². The molecular weight excluding hydrogens is 334 g/mol. The quantitative estimate of drug-likeness (QED) is 0.618. The van der Waals surface area contributed by atoms with Crippen LogP contribution in [0.25, 0.3) is 0 Å². The fraction of sp³-hybridized carbons (Fsp3) is 0.208. The number of likely N-dealkylation sites (tertiary alicyclic amines) is 1. The number of ether oxygens (including phenoxy) is 1. The van der Waals surface area contributed by atoms with E-state index in [4.69, 9.17) is 4.74 Å². The molecule has 1 aliphatic rings. The lowest BCUT2D eigenvalue weighted by Crippen LogP contribution is -2.54. The van der Waals surface area contributed by atoms with Gasteiger partial charge in [0.25, 0.3) is 0 Å². The van der Waals surface area contributed by atoms with Crippen LogP contribution in [0.15, 0.2) is 91.0 Å². The molecule has 0 bridgehead atoms. The predicted octanol–water partition coefficient (Wildman–Crippen LogP) is 4.25. The lowest BCUT2D eigenvalue weighted by Gasteiger charge is -2.44. The Balaban J connectivity index is 1.39. The van der Waals surface area contributed by atoms with Gasteiger partial charge in [-0.25, -0.2) is 0 Å². The van der Waals surface area contributed by atoms with Crippen LogP contribution in [0.5, 0.6) is 0 Å². The maximum absolute atomic E-state index is 12.2. The molecule has 4 rings (SSSR count). The highest BCUT2D eigenvalue weighted by Crippen LogP contribution is 2.33. The Hall–Kier alpha value is -2.91. The average Bonchev–Trinajstić information content (AvgIpc) is 2.69. The molecule has 3 aromatic carbocycles. The molecule has 0 aromatic heterocycles. The summed E-state index contributed by atoms with van der Waals surface area (Å²) in [4.78, 5) is 14.6. The lowest BCUT2D eigenvalue weighted by atomic mass is 9.94. The van der Waals surface area contributed by atoms with Gasteiger partial charge in [-0.15, -0.1) is 0 Å². The van der Waals surface area contributed by atoms with Gasteiger partial charge in [0.1, 0.15) is 6.10 Å².